The third kappa shape index (κ3) is 6.21. The number of esters is 1. The number of aliphatic hydroxyl groups is 1. The third-order valence-electron chi connectivity index (χ3n) is 6.90. The molecule has 1 saturated carbocycles. The van der Waals surface area contributed by atoms with Crippen LogP contribution < -0.4 is 14.8 Å². The first kappa shape index (κ1) is 25.4. The highest BCUT2D eigenvalue weighted by atomic mass is 35.5. The van der Waals surface area contributed by atoms with Crippen molar-refractivity contribution in [3.63, 3.8) is 0 Å². The minimum Gasteiger partial charge on any atom is -0.491 e. The Hall–Kier alpha value is -2.24. The van der Waals surface area contributed by atoms with E-state index in [4.69, 9.17) is 9.47 Å². The first-order valence-corrected chi connectivity index (χ1v) is 11.9. The maximum atomic E-state index is 11.9. The number of halogens is 1. The number of fused-ring (bicyclic) bond motifs is 3. The van der Waals surface area contributed by atoms with Crippen LogP contribution >= 0.6 is 12.4 Å². The number of aliphatic hydroxyl groups excluding tert-OH is 1. The summed E-state index contributed by atoms with van der Waals surface area (Å²) in [7, 11) is 0. The highest BCUT2D eigenvalue weighted by Crippen LogP contribution is 2.51. The Labute approximate surface area is 203 Å². The standard InChI is InChI=1S/C27H35NO4.ClH/c1-17(8-7-11-20-9-5-4-6-10-20)31-22-15-25-27(26(16-22)32-19(3)29)24-14-21(30)12-13-23(24)18(2)28-25;/h4-6,9-10,15-18,21,23-24,28,30H,7-8,11-14H2,1-3H3;1H/t17?,18-,21+,23-,24+;/m0./s1. The van der Waals surface area contributed by atoms with E-state index in [0.29, 0.717) is 29.9 Å². The van der Waals surface area contributed by atoms with Crippen molar-refractivity contribution in [3.05, 3.63) is 53.6 Å². The smallest absolute Gasteiger partial charge is 0.308 e. The van der Waals surface area contributed by atoms with Gasteiger partial charge in [0.25, 0.3) is 0 Å². The van der Waals surface area contributed by atoms with Crippen LogP contribution in [0.4, 0.5) is 5.69 Å². The fraction of sp³-hybridized carbons (Fsp3) is 0.519. The lowest BCUT2D eigenvalue weighted by Crippen LogP contribution is -2.40. The molecule has 180 valence electrons. The SMILES string of the molecule is CC(=O)Oc1cc(OC(C)CCCc2ccccc2)cc2c1[C@@H]1C[C@H](O)CC[C@H]1[C@H](C)N2.Cl. The summed E-state index contributed by atoms with van der Waals surface area (Å²) in [6.07, 6.45) is 5.25. The number of carbonyl (C=O) groups excluding carboxylic acids is 1. The van der Waals surface area contributed by atoms with E-state index in [9.17, 15) is 9.90 Å². The largest absolute Gasteiger partial charge is 0.491 e. The molecule has 2 aromatic rings. The molecule has 0 amide bonds. The summed E-state index contributed by atoms with van der Waals surface area (Å²) in [5.41, 5.74) is 3.30. The number of carbonyl (C=O) groups is 1. The van der Waals surface area contributed by atoms with Crippen LogP contribution in [0.15, 0.2) is 42.5 Å². The van der Waals surface area contributed by atoms with Gasteiger partial charge in [0.15, 0.2) is 0 Å². The van der Waals surface area contributed by atoms with Crippen molar-refractivity contribution in [3.8, 4) is 11.5 Å². The van der Waals surface area contributed by atoms with Crippen molar-refractivity contribution in [1.29, 1.82) is 0 Å². The molecule has 0 spiro atoms. The molecule has 2 N–H and O–H groups in total. The van der Waals surface area contributed by atoms with Gasteiger partial charge < -0.3 is 19.9 Å². The molecule has 1 aliphatic heterocycles. The summed E-state index contributed by atoms with van der Waals surface area (Å²) in [5, 5.41) is 13.9. The maximum Gasteiger partial charge on any atom is 0.308 e. The number of aryl methyl sites for hydroxylation is 1. The van der Waals surface area contributed by atoms with Gasteiger partial charge in [0.05, 0.1) is 12.2 Å². The lowest BCUT2D eigenvalue weighted by Gasteiger charge is -2.44. The van der Waals surface area contributed by atoms with Crippen molar-refractivity contribution in [2.75, 3.05) is 5.32 Å². The van der Waals surface area contributed by atoms with Gasteiger partial charge in [0, 0.05) is 36.3 Å². The normalized spacial score (nSPS) is 24.4. The Kier molecular flexibility index (Phi) is 8.66. The predicted molar refractivity (Wildman–Crippen MR) is 134 cm³/mol. The van der Waals surface area contributed by atoms with E-state index in [2.05, 4.69) is 43.4 Å². The Bertz CT molecular complexity index is 935. The molecular weight excluding hydrogens is 438 g/mol. The van der Waals surface area contributed by atoms with Gasteiger partial charge >= 0.3 is 5.97 Å². The molecular formula is C27H36ClNO4. The van der Waals surface area contributed by atoms with Crippen LogP contribution in [0.2, 0.25) is 0 Å². The number of benzene rings is 2. The number of nitrogens with one attached hydrogen (secondary N) is 1. The highest BCUT2D eigenvalue weighted by Gasteiger charge is 2.41. The van der Waals surface area contributed by atoms with Gasteiger partial charge in [-0.25, -0.2) is 0 Å². The molecule has 5 atom stereocenters. The minimum atomic E-state index is -0.341. The molecule has 1 unspecified atom stereocenters. The number of rotatable bonds is 7. The van der Waals surface area contributed by atoms with E-state index in [0.717, 1.165) is 43.4 Å². The Morgan fingerprint density at radius 2 is 1.97 bits per heavy atom. The van der Waals surface area contributed by atoms with Crippen LogP contribution in [0, 0.1) is 5.92 Å². The Balaban J connectivity index is 0.00000306. The molecule has 1 heterocycles. The molecule has 4 rings (SSSR count). The molecule has 0 saturated heterocycles. The topological polar surface area (TPSA) is 67.8 Å². The minimum absolute atomic E-state index is 0. The van der Waals surface area contributed by atoms with Crippen molar-refractivity contribution in [2.45, 2.75) is 83.5 Å². The number of hydrogen-bond acceptors (Lipinski definition) is 5. The van der Waals surface area contributed by atoms with Crippen LogP contribution in [0.5, 0.6) is 11.5 Å². The molecule has 0 radical (unpaired) electrons. The van der Waals surface area contributed by atoms with Gasteiger partial charge in [0.1, 0.15) is 11.5 Å². The van der Waals surface area contributed by atoms with Crippen LogP contribution in [0.3, 0.4) is 0 Å². The Morgan fingerprint density at radius 1 is 1.21 bits per heavy atom. The van der Waals surface area contributed by atoms with E-state index < -0.39 is 0 Å². The quantitative estimate of drug-likeness (QED) is 0.388. The second-order valence-corrected chi connectivity index (χ2v) is 9.45. The van der Waals surface area contributed by atoms with Crippen molar-refractivity contribution >= 4 is 24.1 Å². The van der Waals surface area contributed by atoms with Gasteiger partial charge in [-0.3, -0.25) is 4.79 Å². The zero-order valence-corrected chi connectivity index (χ0v) is 20.6. The molecule has 6 heteroatoms. The van der Waals surface area contributed by atoms with E-state index in [1.165, 1.54) is 12.5 Å². The fourth-order valence-electron chi connectivity index (χ4n) is 5.39. The molecule has 1 aliphatic carbocycles. The maximum absolute atomic E-state index is 11.9. The van der Waals surface area contributed by atoms with E-state index in [1.54, 1.807) is 0 Å². The van der Waals surface area contributed by atoms with Gasteiger partial charge in [0.2, 0.25) is 0 Å². The van der Waals surface area contributed by atoms with Gasteiger partial charge in [-0.2, -0.15) is 0 Å². The lowest BCUT2D eigenvalue weighted by molar-refractivity contribution is -0.131. The summed E-state index contributed by atoms with van der Waals surface area (Å²) in [6, 6.07) is 14.7. The third-order valence-corrected chi connectivity index (χ3v) is 6.90. The average molecular weight is 474 g/mol. The van der Waals surface area contributed by atoms with Gasteiger partial charge in [-0.15, -0.1) is 12.4 Å². The molecule has 0 bridgehead atoms. The second-order valence-electron chi connectivity index (χ2n) is 9.45. The van der Waals surface area contributed by atoms with Crippen molar-refractivity contribution < 1.29 is 19.4 Å². The zero-order valence-electron chi connectivity index (χ0n) is 19.8. The van der Waals surface area contributed by atoms with Crippen LogP contribution in [0.25, 0.3) is 0 Å². The van der Waals surface area contributed by atoms with Crippen LogP contribution in [0.1, 0.15) is 69.9 Å². The van der Waals surface area contributed by atoms with Crippen LogP contribution in [-0.4, -0.2) is 29.3 Å². The number of anilines is 1. The summed E-state index contributed by atoms with van der Waals surface area (Å²) >= 11 is 0. The molecule has 1 fully saturated rings. The molecule has 33 heavy (non-hydrogen) atoms. The van der Waals surface area contributed by atoms with Gasteiger partial charge in [-0.05, 0) is 69.8 Å². The number of ether oxygens (including phenoxy) is 2. The van der Waals surface area contributed by atoms with E-state index >= 15 is 0 Å². The first-order valence-electron chi connectivity index (χ1n) is 11.9. The molecule has 5 nitrogen and oxygen atoms in total. The zero-order chi connectivity index (χ0) is 22.7. The molecule has 2 aromatic carbocycles. The lowest BCUT2D eigenvalue weighted by atomic mass is 9.68. The second kappa shape index (κ2) is 11.3. The monoisotopic (exact) mass is 473 g/mol. The van der Waals surface area contributed by atoms with Crippen LogP contribution in [-0.2, 0) is 11.2 Å². The summed E-state index contributed by atoms with van der Waals surface area (Å²) in [5.74, 6) is 1.53. The summed E-state index contributed by atoms with van der Waals surface area (Å²) in [4.78, 5) is 11.9. The van der Waals surface area contributed by atoms with E-state index in [1.807, 2.05) is 18.2 Å². The van der Waals surface area contributed by atoms with Crippen molar-refractivity contribution in [2.24, 2.45) is 5.92 Å². The summed E-state index contributed by atoms with van der Waals surface area (Å²) < 4.78 is 11.9. The van der Waals surface area contributed by atoms with Gasteiger partial charge in [-0.1, -0.05) is 30.3 Å². The highest BCUT2D eigenvalue weighted by molar-refractivity contribution is 5.85. The number of hydrogen-bond donors (Lipinski definition) is 2. The van der Waals surface area contributed by atoms with E-state index in [-0.39, 0.29) is 36.5 Å². The summed E-state index contributed by atoms with van der Waals surface area (Å²) in [6.45, 7) is 5.71. The van der Waals surface area contributed by atoms with Crippen molar-refractivity contribution in [1.82, 2.24) is 0 Å². The fourth-order valence-corrected chi connectivity index (χ4v) is 5.39. The molecule has 2 aliphatic rings. The average Bonchev–Trinajstić information content (AvgIpc) is 2.73. The predicted octanol–water partition coefficient (Wildman–Crippen LogP) is 5.88. The molecule has 0 aromatic heterocycles. The first-order chi connectivity index (χ1) is 15.4. The Morgan fingerprint density at radius 3 is 2.70 bits per heavy atom.